The topological polar surface area (TPSA) is 38.7 Å². The molecule has 4 heteroatoms. The van der Waals surface area contributed by atoms with E-state index in [0.717, 1.165) is 33.5 Å². The van der Waals surface area contributed by atoms with Crippen LogP contribution in [-0.4, -0.2) is 18.3 Å². The first-order chi connectivity index (χ1) is 8.00. The zero-order valence-electron chi connectivity index (χ0n) is 9.92. The summed E-state index contributed by atoms with van der Waals surface area (Å²) in [6, 6.07) is 1.95. The van der Waals surface area contributed by atoms with E-state index in [1.54, 1.807) is 0 Å². The van der Waals surface area contributed by atoms with Gasteiger partial charge in [0.25, 0.3) is 0 Å². The molecule has 1 aliphatic carbocycles. The average Bonchev–Trinajstić information content (AvgIpc) is 2.50. The molecule has 0 bridgehead atoms. The van der Waals surface area contributed by atoms with Crippen molar-refractivity contribution in [3.63, 3.8) is 0 Å². The Bertz CT molecular complexity index is 482. The molecule has 0 radical (unpaired) electrons. The Kier molecular flexibility index (Phi) is 2.42. The lowest BCUT2D eigenvalue weighted by Crippen LogP contribution is -2.18. The Hall–Kier alpha value is -0.740. The van der Waals surface area contributed by atoms with Crippen molar-refractivity contribution in [2.24, 2.45) is 0 Å². The van der Waals surface area contributed by atoms with Gasteiger partial charge in [0.2, 0.25) is 0 Å². The van der Waals surface area contributed by atoms with Gasteiger partial charge in [-0.25, -0.2) is 0 Å². The summed E-state index contributed by atoms with van der Waals surface area (Å²) in [5.74, 6) is 1.46. The van der Waals surface area contributed by atoms with Gasteiger partial charge in [-0.2, -0.15) is 0 Å². The molecule has 1 aromatic carbocycles. The molecule has 2 aliphatic rings. The Balaban J connectivity index is 2.28. The predicted octanol–water partition coefficient (Wildman–Crippen LogP) is 2.94. The van der Waals surface area contributed by atoms with Crippen LogP contribution in [0, 0.1) is 0 Å². The summed E-state index contributed by atoms with van der Waals surface area (Å²) in [6.45, 7) is 5.40. The minimum atomic E-state index is -0.465. The summed E-state index contributed by atoms with van der Waals surface area (Å²) in [5.41, 5.74) is 2.01. The molecule has 3 rings (SSSR count). The largest absolute Gasteiger partial charge is 0.486 e. The highest BCUT2D eigenvalue weighted by Gasteiger charge is 2.41. The molecule has 3 nitrogen and oxygen atoms in total. The molecule has 1 aliphatic heterocycles. The summed E-state index contributed by atoms with van der Waals surface area (Å²) in [6.07, 6.45) is 0.258. The maximum absolute atomic E-state index is 10.2. The van der Waals surface area contributed by atoms with Crippen molar-refractivity contribution in [1.82, 2.24) is 0 Å². The van der Waals surface area contributed by atoms with Gasteiger partial charge in [-0.3, -0.25) is 0 Å². The van der Waals surface area contributed by atoms with Gasteiger partial charge < -0.3 is 14.6 Å². The Morgan fingerprint density at radius 1 is 1.35 bits per heavy atom. The fraction of sp³-hybridized carbons (Fsp3) is 0.538. The summed E-state index contributed by atoms with van der Waals surface area (Å²) in [7, 11) is 0. The minimum Gasteiger partial charge on any atom is -0.486 e. The smallest absolute Gasteiger partial charge is 0.167 e. The van der Waals surface area contributed by atoms with E-state index in [0.29, 0.717) is 13.2 Å². The molecule has 0 spiro atoms. The number of fused-ring (bicyclic) bond motifs is 3. The fourth-order valence-corrected chi connectivity index (χ4v) is 3.83. The maximum atomic E-state index is 10.2. The molecule has 1 heterocycles. The first-order valence-electron chi connectivity index (χ1n) is 5.81. The van der Waals surface area contributed by atoms with E-state index >= 15 is 0 Å². The lowest BCUT2D eigenvalue weighted by molar-refractivity contribution is 0.142. The van der Waals surface area contributed by atoms with Crippen molar-refractivity contribution in [3.8, 4) is 11.5 Å². The zero-order chi connectivity index (χ0) is 12.2. The van der Waals surface area contributed by atoms with Crippen molar-refractivity contribution in [3.05, 3.63) is 21.7 Å². The van der Waals surface area contributed by atoms with Crippen LogP contribution in [0.25, 0.3) is 0 Å². The highest BCUT2D eigenvalue weighted by molar-refractivity contribution is 9.10. The molecular formula is C13H15BrO3. The van der Waals surface area contributed by atoms with Gasteiger partial charge in [-0.1, -0.05) is 29.8 Å². The van der Waals surface area contributed by atoms with Crippen LogP contribution in [0.5, 0.6) is 11.5 Å². The molecule has 0 fully saturated rings. The predicted molar refractivity (Wildman–Crippen MR) is 67.7 cm³/mol. The van der Waals surface area contributed by atoms with Crippen LogP contribution < -0.4 is 9.47 Å². The normalized spacial score (nSPS) is 24.6. The molecule has 0 amide bonds. The van der Waals surface area contributed by atoms with E-state index < -0.39 is 6.10 Å². The fourth-order valence-electron chi connectivity index (χ4n) is 2.87. The van der Waals surface area contributed by atoms with Crippen LogP contribution >= 0.6 is 15.9 Å². The number of rotatable bonds is 0. The molecular weight excluding hydrogens is 284 g/mol. The lowest BCUT2D eigenvalue weighted by Gasteiger charge is -2.25. The van der Waals surface area contributed by atoms with Crippen molar-refractivity contribution < 1.29 is 14.6 Å². The first-order valence-corrected chi connectivity index (χ1v) is 6.60. The third-order valence-electron chi connectivity index (χ3n) is 3.54. The number of hydrogen-bond acceptors (Lipinski definition) is 3. The summed E-state index contributed by atoms with van der Waals surface area (Å²) >= 11 is 3.58. The SMILES string of the molecule is CC1(C)C[C@@H](O)c2c3c(cc(Br)c21)OCCO3. The van der Waals surface area contributed by atoms with Crippen LogP contribution in [0.1, 0.15) is 37.5 Å². The van der Waals surface area contributed by atoms with Gasteiger partial charge in [-0.15, -0.1) is 0 Å². The number of benzene rings is 1. The van der Waals surface area contributed by atoms with Crippen LogP contribution in [-0.2, 0) is 5.41 Å². The number of halogens is 1. The van der Waals surface area contributed by atoms with Crippen molar-refractivity contribution in [1.29, 1.82) is 0 Å². The van der Waals surface area contributed by atoms with Crippen molar-refractivity contribution in [2.75, 3.05) is 13.2 Å². The standard InChI is InChI=1S/C13H15BrO3/c1-13(2)6-8(15)10-11(13)7(14)5-9-12(10)17-4-3-16-9/h5,8,15H,3-4,6H2,1-2H3/t8-/m1/s1. The third kappa shape index (κ3) is 1.58. The van der Waals surface area contributed by atoms with E-state index in [4.69, 9.17) is 9.47 Å². The molecule has 0 saturated heterocycles. The van der Waals surface area contributed by atoms with Crippen LogP contribution in [0.15, 0.2) is 10.5 Å². The molecule has 1 aromatic rings. The summed E-state index contributed by atoms with van der Waals surface area (Å²) < 4.78 is 12.3. The van der Waals surface area contributed by atoms with E-state index in [2.05, 4.69) is 29.8 Å². The van der Waals surface area contributed by atoms with Gasteiger partial charge in [0.1, 0.15) is 13.2 Å². The molecule has 0 unspecified atom stereocenters. The highest BCUT2D eigenvalue weighted by Crippen LogP contribution is 2.54. The van der Waals surface area contributed by atoms with Crippen molar-refractivity contribution >= 4 is 15.9 Å². The Labute approximate surface area is 109 Å². The Morgan fingerprint density at radius 2 is 2.06 bits per heavy atom. The minimum absolute atomic E-state index is 0.0383. The third-order valence-corrected chi connectivity index (χ3v) is 4.16. The number of hydrogen-bond donors (Lipinski definition) is 1. The number of aliphatic hydroxyl groups is 1. The second-order valence-electron chi connectivity index (χ2n) is 5.28. The summed E-state index contributed by atoms with van der Waals surface area (Å²) in [4.78, 5) is 0. The molecule has 17 heavy (non-hydrogen) atoms. The van der Waals surface area contributed by atoms with Crippen LogP contribution in [0.2, 0.25) is 0 Å². The maximum Gasteiger partial charge on any atom is 0.167 e. The number of ether oxygens (including phenoxy) is 2. The highest BCUT2D eigenvalue weighted by atomic mass is 79.9. The molecule has 1 N–H and O–H groups in total. The van der Waals surface area contributed by atoms with E-state index in [1.807, 2.05) is 6.07 Å². The monoisotopic (exact) mass is 298 g/mol. The van der Waals surface area contributed by atoms with Gasteiger partial charge in [0, 0.05) is 10.0 Å². The second-order valence-corrected chi connectivity index (χ2v) is 6.13. The Morgan fingerprint density at radius 3 is 2.82 bits per heavy atom. The van der Waals surface area contributed by atoms with Crippen molar-refractivity contribution in [2.45, 2.75) is 31.8 Å². The van der Waals surface area contributed by atoms with E-state index in [1.165, 1.54) is 0 Å². The lowest BCUT2D eigenvalue weighted by atomic mass is 9.86. The average molecular weight is 299 g/mol. The molecule has 1 atom stereocenters. The van der Waals surface area contributed by atoms with Crippen LogP contribution in [0.3, 0.4) is 0 Å². The van der Waals surface area contributed by atoms with E-state index in [9.17, 15) is 5.11 Å². The molecule has 0 aromatic heterocycles. The van der Waals surface area contributed by atoms with E-state index in [-0.39, 0.29) is 5.41 Å². The van der Waals surface area contributed by atoms with Gasteiger partial charge in [0.05, 0.1) is 6.10 Å². The zero-order valence-corrected chi connectivity index (χ0v) is 11.5. The van der Waals surface area contributed by atoms with Crippen LogP contribution in [0.4, 0.5) is 0 Å². The van der Waals surface area contributed by atoms with Gasteiger partial charge in [0.15, 0.2) is 11.5 Å². The molecule has 0 saturated carbocycles. The second kappa shape index (κ2) is 3.62. The van der Waals surface area contributed by atoms with Gasteiger partial charge >= 0.3 is 0 Å². The first kappa shape index (κ1) is 11.4. The molecule has 92 valence electrons. The number of aliphatic hydroxyl groups excluding tert-OH is 1. The summed E-state index contributed by atoms with van der Waals surface area (Å²) in [5, 5.41) is 10.2. The quantitative estimate of drug-likeness (QED) is 0.800. The van der Waals surface area contributed by atoms with Gasteiger partial charge in [-0.05, 0) is 23.5 Å².